The number of hydrogen-bond acceptors (Lipinski definition) is 9. The predicted octanol–water partition coefficient (Wildman–Crippen LogP) is 4.90. The summed E-state index contributed by atoms with van der Waals surface area (Å²) in [6, 6.07) is 15.7. The van der Waals surface area contributed by atoms with E-state index in [1.807, 2.05) is 18.2 Å². The molecule has 0 unspecified atom stereocenters. The third-order valence-corrected chi connectivity index (χ3v) is 7.27. The number of aromatic nitrogens is 4. The Balaban J connectivity index is 1.42. The molecule has 5 rings (SSSR count). The van der Waals surface area contributed by atoms with Crippen LogP contribution < -0.4 is 5.32 Å². The lowest BCUT2D eigenvalue weighted by Crippen LogP contribution is -2.55. The Morgan fingerprint density at radius 3 is 2.62 bits per heavy atom. The second kappa shape index (κ2) is 10.8. The average molecular weight is 568 g/mol. The van der Waals surface area contributed by atoms with E-state index < -0.39 is 35.5 Å². The molecule has 0 spiro atoms. The van der Waals surface area contributed by atoms with Gasteiger partial charge in [0, 0.05) is 18.5 Å². The van der Waals surface area contributed by atoms with Crippen molar-refractivity contribution in [3.8, 4) is 0 Å². The van der Waals surface area contributed by atoms with Crippen LogP contribution in [0, 0.1) is 0 Å². The van der Waals surface area contributed by atoms with Gasteiger partial charge in [0.2, 0.25) is 0 Å². The van der Waals surface area contributed by atoms with Crippen molar-refractivity contribution in [3.63, 3.8) is 0 Å². The van der Waals surface area contributed by atoms with E-state index in [1.165, 1.54) is 38.0 Å². The van der Waals surface area contributed by atoms with E-state index >= 15 is 4.39 Å². The minimum atomic E-state index is -2.28. The molecular weight excluding hydrogens is 541 g/mol. The number of alkyl halides is 1. The molecule has 0 radical (unpaired) electrons. The molecule has 1 N–H and O–H groups in total. The first-order valence-electron chi connectivity index (χ1n) is 12.5. The number of ether oxygens (including phenoxy) is 3. The quantitative estimate of drug-likeness (QED) is 0.297. The summed E-state index contributed by atoms with van der Waals surface area (Å²) in [5, 5.41) is 3.82. The van der Waals surface area contributed by atoms with Gasteiger partial charge >= 0.3 is 11.9 Å². The van der Waals surface area contributed by atoms with Gasteiger partial charge in [-0.15, -0.1) is 0 Å². The van der Waals surface area contributed by atoms with Gasteiger partial charge in [0.1, 0.15) is 19.0 Å². The largest absolute Gasteiger partial charge is 0.459 e. The number of carbonyl (C=O) groups is 2. The van der Waals surface area contributed by atoms with Crippen molar-refractivity contribution in [2.45, 2.75) is 50.9 Å². The zero-order chi connectivity index (χ0) is 28.5. The molecule has 1 fully saturated rings. The first kappa shape index (κ1) is 27.5. The fraction of sp³-hybridized carbons (Fsp3) is 0.321. The van der Waals surface area contributed by atoms with E-state index in [1.54, 1.807) is 36.4 Å². The fourth-order valence-electron chi connectivity index (χ4n) is 4.76. The third-order valence-electron chi connectivity index (χ3n) is 7.03. The number of imidazole rings is 1. The summed E-state index contributed by atoms with van der Waals surface area (Å²) in [7, 11) is 0. The third kappa shape index (κ3) is 5.09. The molecule has 2 aromatic carbocycles. The average Bonchev–Trinajstić information content (AvgIpc) is 3.43. The van der Waals surface area contributed by atoms with Crippen molar-refractivity contribution in [3.05, 3.63) is 83.4 Å². The molecule has 1 aliphatic heterocycles. The highest BCUT2D eigenvalue weighted by Gasteiger charge is 2.66. The van der Waals surface area contributed by atoms with Gasteiger partial charge in [-0.3, -0.25) is 9.36 Å². The van der Waals surface area contributed by atoms with Gasteiger partial charge in [-0.25, -0.2) is 24.1 Å². The Labute approximate surface area is 234 Å². The van der Waals surface area contributed by atoms with Gasteiger partial charge in [-0.05, 0) is 43.7 Å². The molecule has 0 bridgehead atoms. The van der Waals surface area contributed by atoms with Crippen LogP contribution in [0.1, 0.15) is 42.9 Å². The molecule has 208 valence electrons. The minimum absolute atomic E-state index is 0.296. The van der Waals surface area contributed by atoms with Gasteiger partial charge in [-0.2, -0.15) is 0 Å². The number of nitrogens with one attached hydrogen (secondary N) is 1. The molecule has 12 heteroatoms. The Hall–Kier alpha value is -4.09. The van der Waals surface area contributed by atoms with Crippen molar-refractivity contribution in [2.24, 2.45) is 0 Å². The van der Waals surface area contributed by atoms with Crippen LogP contribution in [0.5, 0.6) is 0 Å². The summed E-state index contributed by atoms with van der Waals surface area (Å²) in [6.45, 7) is 3.92. The number of halogens is 2. The maximum Gasteiger partial charge on any atom is 0.338 e. The van der Waals surface area contributed by atoms with E-state index in [0.29, 0.717) is 34.1 Å². The molecule has 3 heterocycles. The smallest absolute Gasteiger partial charge is 0.338 e. The van der Waals surface area contributed by atoms with Crippen LogP contribution in [0.3, 0.4) is 0 Å². The molecule has 4 aromatic rings. The fourth-order valence-corrected chi connectivity index (χ4v) is 4.97. The number of esters is 2. The van der Waals surface area contributed by atoms with E-state index in [-0.39, 0.29) is 6.61 Å². The van der Waals surface area contributed by atoms with Gasteiger partial charge < -0.3 is 19.5 Å². The van der Waals surface area contributed by atoms with Crippen molar-refractivity contribution < 1.29 is 28.2 Å². The second-order valence-electron chi connectivity index (χ2n) is 9.75. The summed E-state index contributed by atoms with van der Waals surface area (Å²) >= 11 is 6.08. The summed E-state index contributed by atoms with van der Waals surface area (Å²) in [4.78, 5) is 37.6. The van der Waals surface area contributed by atoms with Gasteiger partial charge in [-0.1, -0.05) is 41.9 Å². The molecule has 40 heavy (non-hydrogen) atoms. The normalized spacial score (nSPS) is 24.1. The Bertz CT molecular complexity index is 1550. The second-order valence-corrected chi connectivity index (χ2v) is 10.2. The topological polar surface area (TPSA) is 117 Å². The number of hydrogen-bond donors (Lipinski definition) is 1. The first-order valence-corrected chi connectivity index (χ1v) is 12.9. The highest BCUT2D eigenvalue weighted by molar-refractivity contribution is 6.30. The maximum atomic E-state index is 16.7. The minimum Gasteiger partial charge on any atom is -0.459 e. The Kier molecular flexibility index (Phi) is 7.43. The standard InChI is InChI=1S/C28H27ClFN5O5/c1-17(36)40-28(3)21(14-38-25(37)19-9-5-4-6-10-19)39-26(27(28,2)30)35-16-34-22-23(32-15-33-24(22)35)31-13-18-8-7-11-20(29)12-18/h4-12,15-16,21,26H,13-14H2,1-3H3,(H,31,32,33)/t21-,26-,27+,28+/m1/s1. The lowest BCUT2D eigenvalue weighted by atomic mass is 9.84. The van der Waals surface area contributed by atoms with Crippen molar-refractivity contribution in [1.82, 2.24) is 19.5 Å². The molecule has 2 aromatic heterocycles. The summed E-state index contributed by atoms with van der Waals surface area (Å²) in [5.41, 5.74) is -2.15. The van der Waals surface area contributed by atoms with Crippen LogP contribution >= 0.6 is 11.6 Å². The van der Waals surface area contributed by atoms with Crippen LogP contribution in [-0.4, -0.2) is 55.4 Å². The zero-order valence-electron chi connectivity index (χ0n) is 22.0. The molecule has 0 amide bonds. The lowest BCUT2D eigenvalue weighted by molar-refractivity contribution is -0.175. The van der Waals surface area contributed by atoms with Crippen LogP contribution in [0.15, 0.2) is 67.3 Å². The summed E-state index contributed by atoms with van der Waals surface area (Å²) in [5.74, 6) is -0.895. The van der Waals surface area contributed by atoms with Crippen LogP contribution in [0.25, 0.3) is 11.2 Å². The monoisotopic (exact) mass is 567 g/mol. The molecule has 0 saturated carbocycles. The number of nitrogens with zero attached hydrogens (tertiary/aromatic N) is 4. The number of carbonyl (C=O) groups excluding carboxylic acids is 2. The molecule has 1 aliphatic rings. The highest BCUT2D eigenvalue weighted by Crippen LogP contribution is 2.51. The van der Waals surface area contributed by atoms with Crippen molar-refractivity contribution >= 4 is 40.5 Å². The number of rotatable bonds is 8. The Morgan fingerprint density at radius 2 is 1.90 bits per heavy atom. The first-order chi connectivity index (χ1) is 19.1. The van der Waals surface area contributed by atoms with Gasteiger partial charge in [0.25, 0.3) is 0 Å². The van der Waals surface area contributed by atoms with E-state index in [4.69, 9.17) is 25.8 Å². The predicted molar refractivity (Wildman–Crippen MR) is 144 cm³/mol. The lowest BCUT2D eigenvalue weighted by Gasteiger charge is -2.36. The highest BCUT2D eigenvalue weighted by atomic mass is 35.5. The van der Waals surface area contributed by atoms with Crippen LogP contribution in [0.4, 0.5) is 10.2 Å². The zero-order valence-corrected chi connectivity index (χ0v) is 22.8. The SMILES string of the molecule is CC(=O)O[C@@]1(C)[C@@H](COC(=O)c2ccccc2)O[C@@H](n2cnc3c(NCc4cccc(Cl)c4)ncnc32)[C@]1(C)F. The molecule has 0 aliphatic carbocycles. The van der Waals surface area contributed by atoms with Crippen LogP contribution in [-0.2, 0) is 25.5 Å². The Morgan fingerprint density at radius 1 is 1.12 bits per heavy atom. The van der Waals surface area contributed by atoms with E-state index in [0.717, 1.165) is 5.56 Å². The van der Waals surface area contributed by atoms with Crippen molar-refractivity contribution in [1.29, 1.82) is 0 Å². The number of fused-ring (bicyclic) bond motifs is 1. The van der Waals surface area contributed by atoms with Crippen molar-refractivity contribution in [2.75, 3.05) is 11.9 Å². The van der Waals surface area contributed by atoms with E-state index in [9.17, 15) is 9.59 Å². The molecule has 4 atom stereocenters. The van der Waals surface area contributed by atoms with E-state index in [2.05, 4.69) is 20.3 Å². The molecular formula is C28H27ClFN5O5. The number of benzene rings is 2. The van der Waals surface area contributed by atoms with Gasteiger partial charge in [0.15, 0.2) is 34.5 Å². The summed E-state index contributed by atoms with van der Waals surface area (Å²) < 4.78 is 35.2. The molecule has 1 saturated heterocycles. The molecule has 10 nitrogen and oxygen atoms in total. The maximum absolute atomic E-state index is 16.7. The summed E-state index contributed by atoms with van der Waals surface area (Å²) in [6.07, 6.45) is 0.260. The van der Waals surface area contributed by atoms with Gasteiger partial charge in [0.05, 0.1) is 11.9 Å². The van der Waals surface area contributed by atoms with Crippen LogP contribution in [0.2, 0.25) is 5.02 Å². The number of anilines is 1.